The van der Waals surface area contributed by atoms with Gasteiger partial charge >= 0.3 is 11.9 Å². The van der Waals surface area contributed by atoms with Crippen molar-refractivity contribution in [2.75, 3.05) is 13.2 Å². The van der Waals surface area contributed by atoms with Crippen LogP contribution < -0.4 is 0 Å². The van der Waals surface area contributed by atoms with Gasteiger partial charge in [-0.1, -0.05) is 60.7 Å². The molecule has 2 aromatic rings. The van der Waals surface area contributed by atoms with E-state index in [1.54, 1.807) is 38.1 Å². The Morgan fingerprint density at radius 2 is 1.30 bits per heavy atom. The number of carbonyl (C=O) groups excluding carboxylic acids is 3. The van der Waals surface area contributed by atoms with Crippen LogP contribution in [0.3, 0.4) is 0 Å². The summed E-state index contributed by atoms with van der Waals surface area (Å²) in [7, 11) is 0. The Balaban J connectivity index is 2.10. The monoisotopic (exact) mass is 366 g/mol. The van der Waals surface area contributed by atoms with Gasteiger partial charge in [0.25, 0.3) is 0 Å². The van der Waals surface area contributed by atoms with Crippen molar-refractivity contribution in [2.45, 2.75) is 19.8 Å². The van der Waals surface area contributed by atoms with Crippen molar-refractivity contribution >= 4 is 17.7 Å². The van der Waals surface area contributed by atoms with Crippen LogP contribution >= 0.6 is 0 Å². The number of benzene rings is 2. The van der Waals surface area contributed by atoms with Gasteiger partial charge in [0.2, 0.25) is 0 Å². The van der Waals surface area contributed by atoms with Gasteiger partial charge in [0.15, 0.2) is 11.2 Å². The van der Waals surface area contributed by atoms with E-state index < -0.39 is 29.2 Å². The Morgan fingerprint density at radius 1 is 0.815 bits per heavy atom. The first kappa shape index (κ1) is 18.8. The van der Waals surface area contributed by atoms with Crippen LogP contribution in [0.2, 0.25) is 0 Å². The summed E-state index contributed by atoms with van der Waals surface area (Å²) in [5.74, 6) is -3.12. The molecule has 0 heterocycles. The van der Waals surface area contributed by atoms with Crippen LogP contribution in [-0.4, -0.2) is 30.9 Å². The summed E-state index contributed by atoms with van der Waals surface area (Å²) in [6.45, 7) is 3.58. The van der Waals surface area contributed by atoms with Crippen LogP contribution in [0.1, 0.15) is 35.7 Å². The Bertz CT molecular complexity index is 810. The molecule has 1 aliphatic carbocycles. The van der Waals surface area contributed by atoms with Crippen molar-refractivity contribution in [3.8, 4) is 0 Å². The Kier molecular flexibility index (Phi) is 5.40. The van der Waals surface area contributed by atoms with E-state index in [4.69, 9.17) is 9.47 Å². The van der Waals surface area contributed by atoms with Gasteiger partial charge in [0.05, 0.1) is 19.1 Å². The quantitative estimate of drug-likeness (QED) is 0.427. The number of Topliss-reactive ketones (excluding diaryl/α,β-unsaturated/α-hetero) is 1. The fraction of sp³-hybridized carbons (Fsp3) is 0.318. The minimum atomic E-state index is -1.64. The molecule has 0 spiro atoms. The van der Waals surface area contributed by atoms with E-state index >= 15 is 0 Å². The maximum atomic E-state index is 13.2. The second-order valence-corrected chi connectivity index (χ2v) is 6.41. The van der Waals surface area contributed by atoms with Gasteiger partial charge in [0, 0.05) is 11.5 Å². The average molecular weight is 366 g/mol. The molecule has 0 aromatic heterocycles. The first-order chi connectivity index (χ1) is 13.1. The molecule has 0 aliphatic heterocycles. The zero-order valence-corrected chi connectivity index (χ0v) is 15.4. The number of esters is 2. The lowest BCUT2D eigenvalue weighted by Gasteiger charge is -2.15. The molecular weight excluding hydrogens is 344 g/mol. The van der Waals surface area contributed by atoms with Gasteiger partial charge in [-0.05, 0) is 19.4 Å². The second kappa shape index (κ2) is 7.74. The molecule has 5 heteroatoms. The van der Waals surface area contributed by atoms with Crippen molar-refractivity contribution in [2.24, 2.45) is 11.3 Å². The highest BCUT2D eigenvalue weighted by molar-refractivity contribution is 6.16. The molecule has 5 nitrogen and oxygen atoms in total. The molecule has 2 atom stereocenters. The lowest BCUT2D eigenvalue weighted by atomic mass is 9.97. The zero-order chi connectivity index (χ0) is 19.4. The Morgan fingerprint density at radius 3 is 1.78 bits per heavy atom. The number of hydrogen-bond donors (Lipinski definition) is 0. The molecule has 0 amide bonds. The lowest BCUT2D eigenvalue weighted by Crippen LogP contribution is -2.34. The van der Waals surface area contributed by atoms with Crippen LogP contribution in [0, 0.1) is 11.3 Å². The first-order valence-corrected chi connectivity index (χ1v) is 9.07. The van der Waals surface area contributed by atoms with Gasteiger partial charge in [-0.15, -0.1) is 0 Å². The fourth-order valence-corrected chi connectivity index (χ4v) is 3.74. The zero-order valence-electron chi connectivity index (χ0n) is 15.4. The van der Waals surface area contributed by atoms with Crippen LogP contribution in [0.4, 0.5) is 0 Å². The summed E-state index contributed by atoms with van der Waals surface area (Å²) >= 11 is 0. The molecule has 0 bridgehead atoms. The van der Waals surface area contributed by atoms with Crippen molar-refractivity contribution in [1.82, 2.24) is 0 Å². The van der Waals surface area contributed by atoms with E-state index in [0.29, 0.717) is 5.56 Å². The highest BCUT2D eigenvalue weighted by Gasteiger charge is 2.79. The molecule has 1 saturated carbocycles. The molecule has 140 valence electrons. The first-order valence-electron chi connectivity index (χ1n) is 9.07. The Labute approximate surface area is 158 Å². The van der Waals surface area contributed by atoms with E-state index in [0.717, 1.165) is 5.56 Å². The Hall–Kier alpha value is -2.95. The highest BCUT2D eigenvalue weighted by atomic mass is 16.6. The maximum absolute atomic E-state index is 13.2. The molecule has 0 unspecified atom stereocenters. The van der Waals surface area contributed by atoms with E-state index in [1.165, 1.54) is 0 Å². The molecule has 0 radical (unpaired) electrons. The average Bonchev–Trinajstić information content (AvgIpc) is 3.40. The molecule has 0 saturated heterocycles. The fourth-order valence-electron chi connectivity index (χ4n) is 3.74. The molecule has 3 rings (SSSR count). The third-order valence-electron chi connectivity index (χ3n) is 4.93. The summed E-state index contributed by atoms with van der Waals surface area (Å²) in [6, 6.07) is 17.8. The third kappa shape index (κ3) is 3.14. The van der Waals surface area contributed by atoms with Gasteiger partial charge < -0.3 is 9.47 Å². The highest BCUT2D eigenvalue weighted by Crippen LogP contribution is 2.67. The summed E-state index contributed by atoms with van der Waals surface area (Å²) in [5.41, 5.74) is -0.438. The maximum Gasteiger partial charge on any atom is 0.324 e. The predicted octanol–water partition coefficient (Wildman–Crippen LogP) is 3.40. The van der Waals surface area contributed by atoms with Gasteiger partial charge in [0.1, 0.15) is 0 Å². The molecule has 0 N–H and O–H groups in total. The third-order valence-corrected chi connectivity index (χ3v) is 4.93. The summed E-state index contributed by atoms with van der Waals surface area (Å²) in [6.07, 6.45) is 0. The van der Waals surface area contributed by atoms with E-state index in [2.05, 4.69) is 0 Å². The minimum Gasteiger partial charge on any atom is -0.465 e. The number of ether oxygens (including phenoxy) is 2. The van der Waals surface area contributed by atoms with Gasteiger partial charge in [-0.3, -0.25) is 14.4 Å². The summed E-state index contributed by atoms with van der Waals surface area (Å²) in [4.78, 5) is 39.0. The molecule has 1 fully saturated rings. The predicted molar refractivity (Wildman–Crippen MR) is 99.1 cm³/mol. The van der Waals surface area contributed by atoms with E-state index in [-0.39, 0.29) is 19.0 Å². The number of rotatable bonds is 7. The minimum absolute atomic E-state index is 0.119. The standard InChI is InChI=1S/C22H22O5/c1-3-26-20(24)22(21(25)27-4-2)17(15-11-7-5-8-12-15)18(22)19(23)16-13-9-6-10-14-16/h5-14,17-18H,3-4H2,1-2H3/t17-,18+/m1/s1. The van der Waals surface area contributed by atoms with Gasteiger partial charge in [-0.2, -0.15) is 0 Å². The van der Waals surface area contributed by atoms with Crippen LogP contribution in [0.25, 0.3) is 0 Å². The largest absolute Gasteiger partial charge is 0.465 e. The van der Waals surface area contributed by atoms with Crippen molar-refractivity contribution in [1.29, 1.82) is 0 Å². The number of hydrogen-bond acceptors (Lipinski definition) is 5. The van der Waals surface area contributed by atoms with E-state index in [1.807, 2.05) is 36.4 Å². The molecule has 1 aliphatic rings. The van der Waals surface area contributed by atoms with E-state index in [9.17, 15) is 14.4 Å². The van der Waals surface area contributed by atoms with Crippen LogP contribution in [0.5, 0.6) is 0 Å². The summed E-state index contributed by atoms with van der Waals surface area (Å²) in [5, 5.41) is 0. The number of carbonyl (C=O) groups is 3. The SMILES string of the molecule is CCOC(=O)C1(C(=O)OCC)[C@H](C(=O)c2ccccc2)[C@H]1c1ccccc1. The molecular formula is C22H22O5. The number of ketones is 1. The summed E-state index contributed by atoms with van der Waals surface area (Å²) < 4.78 is 10.4. The smallest absolute Gasteiger partial charge is 0.324 e. The van der Waals surface area contributed by atoms with Crippen molar-refractivity contribution in [3.05, 3.63) is 71.8 Å². The topological polar surface area (TPSA) is 69.7 Å². The van der Waals surface area contributed by atoms with Crippen molar-refractivity contribution in [3.63, 3.8) is 0 Å². The normalized spacial score (nSPS) is 19.8. The van der Waals surface area contributed by atoms with Crippen molar-refractivity contribution < 1.29 is 23.9 Å². The second-order valence-electron chi connectivity index (χ2n) is 6.41. The van der Waals surface area contributed by atoms with Crippen LogP contribution in [0.15, 0.2) is 60.7 Å². The molecule has 27 heavy (non-hydrogen) atoms. The van der Waals surface area contributed by atoms with Gasteiger partial charge in [-0.25, -0.2) is 0 Å². The van der Waals surface area contributed by atoms with Crippen LogP contribution in [-0.2, 0) is 19.1 Å². The lowest BCUT2D eigenvalue weighted by molar-refractivity contribution is -0.165. The molecule has 2 aromatic carbocycles.